The highest BCUT2D eigenvalue weighted by atomic mass is 33.1. The minimum Gasteiger partial charge on any atom is -0.481 e. The molecule has 0 unspecified atom stereocenters. The second-order valence-corrected chi connectivity index (χ2v) is 30.4. The molecule has 0 bridgehead atoms. The number of nitrogen functional groups attached to an aromatic ring is 1. The number of hydrogen-bond donors (Lipinski definition) is 19. The second kappa shape index (κ2) is 42.0. The number of nitrogens with one attached hydrogen (secondary N) is 13. The normalized spacial score (nSPS) is 18.2. The van der Waals surface area contributed by atoms with Gasteiger partial charge in [0.05, 0.1) is 68.2 Å². The van der Waals surface area contributed by atoms with Crippen molar-refractivity contribution in [3.63, 3.8) is 0 Å². The maximum atomic E-state index is 14.1. The first-order valence-corrected chi connectivity index (χ1v) is 39.1. The maximum absolute atomic E-state index is 14.1. The number of ether oxygens (including phenoxy) is 3. The number of ketones is 2. The van der Waals surface area contributed by atoms with Gasteiger partial charge >= 0.3 is 36.1 Å². The molecule has 9 amide bonds. The van der Waals surface area contributed by atoms with E-state index in [9.17, 15) is 97.1 Å². The number of piperazine rings is 1. The highest BCUT2D eigenvalue weighted by Crippen LogP contribution is 2.55. The van der Waals surface area contributed by atoms with E-state index in [1.807, 2.05) is 10.6 Å². The number of anilines is 2. The predicted molar refractivity (Wildman–Crippen MR) is 396 cm³/mol. The van der Waals surface area contributed by atoms with Gasteiger partial charge in [0.25, 0.3) is 11.5 Å². The summed E-state index contributed by atoms with van der Waals surface area (Å²) in [5.41, 5.74) is 15.2. The average Bonchev–Trinajstić information content (AvgIpc) is 1.50. The number of aromatic nitrogens is 4. The molecule has 5 heterocycles. The van der Waals surface area contributed by atoms with Crippen molar-refractivity contribution >= 4 is 155 Å². The van der Waals surface area contributed by atoms with E-state index in [0.717, 1.165) is 21.6 Å². The molecule has 2 saturated heterocycles. The van der Waals surface area contributed by atoms with Crippen LogP contribution in [-0.4, -0.2) is 258 Å². The van der Waals surface area contributed by atoms with Gasteiger partial charge in [-0.3, -0.25) is 72.2 Å². The fraction of sp³-hybridized carbons (Fsp3) is 0.516. The number of aliphatic carboxylic acids is 4. The van der Waals surface area contributed by atoms with Gasteiger partial charge in [-0.15, -0.1) is 5.59 Å². The van der Waals surface area contributed by atoms with Gasteiger partial charge in [0, 0.05) is 97.1 Å². The number of allylic oxidation sites excluding steroid dienone is 2. The molecule has 2 fully saturated rings. The molecule has 47 heteroatoms. The molecule has 1 aromatic carbocycles. The molecule has 4 aliphatic rings. The third kappa shape index (κ3) is 25.2. The number of carbonyl (C=O) groups is 15. The third-order valence-electron chi connectivity index (χ3n) is 17.2. The Morgan fingerprint density at radius 2 is 1.32 bits per heavy atom. The van der Waals surface area contributed by atoms with Crippen LogP contribution in [0, 0.1) is 5.92 Å². The van der Waals surface area contributed by atoms with Crippen molar-refractivity contribution in [3.8, 4) is 0 Å². The van der Waals surface area contributed by atoms with E-state index in [-0.39, 0.29) is 140 Å². The lowest BCUT2D eigenvalue weighted by atomic mass is 9.82. The van der Waals surface area contributed by atoms with Gasteiger partial charge in [-0.05, 0) is 63.8 Å². The molecule has 111 heavy (non-hydrogen) atoms. The lowest BCUT2D eigenvalue weighted by Gasteiger charge is -2.39. The topological polar surface area (TPSA) is 655 Å². The van der Waals surface area contributed by atoms with Crippen LogP contribution in [0.5, 0.6) is 0 Å². The first-order valence-electron chi connectivity index (χ1n) is 34.2. The number of hydrazine groups is 1. The Morgan fingerprint density at radius 1 is 0.703 bits per heavy atom. The number of methoxy groups -OCH3 is 1. The first-order chi connectivity index (χ1) is 52.8. The molecule has 1 aliphatic carbocycles. The molecule has 0 saturated carbocycles. The lowest BCUT2D eigenvalue weighted by molar-refractivity contribution is -0.144. The number of benzene rings is 1. The number of H-pyrrole nitrogens is 1. The summed E-state index contributed by atoms with van der Waals surface area (Å²) in [6.07, 6.45) is -4.43. The number of rotatable bonds is 48. The highest BCUT2D eigenvalue weighted by molar-refractivity contribution is 8.77. The van der Waals surface area contributed by atoms with E-state index in [2.05, 4.69) is 78.3 Å². The number of nitrogens with two attached hydrogens (primary N) is 2. The molecule has 21 N–H and O–H groups in total. The van der Waals surface area contributed by atoms with Gasteiger partial charge < -0.3 is 104 Å². The summed E-state index contributed by atoms with van der Waals surface area (Å²) in [4.78, 5) is 228. The number of Topliss-reactive ketones (excluding diaryl/α,β-unsaturated/α-hetero) is 2. The van der Waals surface area contributed by atoms with Crippen molar-refractivity contribution in [1.29, 1.82) is 0 Å². The molecule has 604 valence electrons. The minimum atomic E-state index is -2.19. The zero-order chi connectivity index (χ0) is 81.2. The maximum Gasteiger partial charge on any atom is 0.423 e. The van der Waals surface area contributed by atoms with Gasteiger partial charge in [-0.25, -0.2) is 29.8 Å². The summed E-state index contributed by atoms with van der Waals surface area (Å²) < 4.78 is 16.1. The van der Waals surface area contributed by atoms with Crippen molar-refractivity contribution in [2.75, 3.05) is 81.1 Å². The van der Waals surface area contributed by atoms with Crippen molar-refractivity contribution in [3.05, 3.63) is 74.6 Å². The Balaban J connectivity index is 0.864. The van der Waals surface area contributed by atoms with E-state index in [1.54, 1.807) is 30.9 Å². The number of unbranched alkanes of at least 4 members (excludes halogenated alkanes) is 1. The summed E-state index contributed by atoms with van der Waals surface area (Å²) in [6.45, 7) is 3.53. The molecule has 3 aliphatic heterocycles. The van der Waals surface area contributed by atoms with Gasteiger partial charge in [-0.1, -0.05) is 43.2 Å². The van der Waals surface area contributed by atoms with Crippen molar-refractivity contribution in [1.82, 2.24) is 83.7 Å². The standard InChI is InChI=1S/C64H85N19O24S4/c1-29(71-54(94)31-9-11-32(12-10-31)69-24-33-25-70-53-48(72-33)59(99)80-61(65)79-53)8-13-42(85)73-36(21-43(86)87)55(95)76-37(22-44(88)89)56(96)77-38(23-45(90)91)57(97)78-40(28-111-110-20-17-106-63(103)81-82-105-4)58(98)75-35(60(100)101)7-5-6-15-67-41(84)14-18-108-109-19-16-68-47-30(2)50(92)49-46(51(47)93)34(27-107-62(66)102)64(104-3)52-39(74-52)26-83(49)64/h9-12,25,29,34-40,52,68-69,74,82H,5-8,13-24,26-28H2,1-4H3,(H2,66,102)(H,67,84)(H,71,94)(H,73,85)(H,75,98)(H,76,95)(H,77,96)(H,78,97)(H,81,103)(H,86,87)(H,88,89)(H,90,91)(H,100,101)(H3,65,70,79,80,99)/t29-,34-,35+,36+,37+,38+,39+,40+,52+,64-/m1/s1. The molecular formula is C64H85N19O24S4. The third-order valence-corrected chi connectivity index (χ3v) is 22.0. The summed E-state index contributed by atoms with van der Waals surface area (Å²) in [5, 5.41) is 65.3. The predicted octanol–water partition coefficient (Wildman–Crippen LogP) is -3.04. The smallest absolute Gasteiger partial charge is 0.423 e. The van der Waals surface area contributed by atoms with Crippen molar-refractivity contribution < 1.29 is 111 Å². The SMILES string of the molecule is CONNC(=O)OCCSSC[C@H](NC(=O)[C@H](CC(=O)O)NC(=O)[C@H](CC(=O)O)NC(=O)[C@H](CC(=O)O)NC(=O)CC[C@@H](C)NC(=O)c1ccc(NCc2cnc3nc(N)[nH]c(=O)c3n2)cc1)C(=O)N[C@@H](CCCCNC(=O)CCSSCCNC1=C(C)C(=O)C2=C(C1=O)[C@@H](COC(N)=O)[C@@]1(OC)[C@H]3N[C@H]3CN21)C(=O)O. The first kappa shape index (κ1) is 87.6. The number of carboxylic acids is 4. The largest absolute Gasteiger partial charge is 0.481 e. The summed E-state index contributed by atoms with van der Waals surface area (Å²) in [6, 6.07) is -4.34. The average molecular weight is 1630 g/mol. The number of amides is 9. The van der Waals surface area contributed by atoms with Crippen molar-refractivity contribution in [2.24, 2.45) is 11.7 Å². The van der Waals surface area contributed by atoms with Crippen molar-refractivity contribution in [2.45, 2.75) is 132 Å². The molecule has 3 aromatic rings. The molecule has 0 radical (unpaired) electrons. The molecule has 0 spiro atoms. The fourth-order valence-electron chi connectivity index (χ4n) is 11.9. The van der Waals surface area contributed by atoms with Crippen LogP contribution in [0.15, 0.2) is 57.8 Å². The van der Waals surface area contributed by atoms with E-state index in [4.69, 9.17) is 25.7 Å². The quantitative estimate of drug-likeness (QED) is 0.00879. The Labute approximate surface area is 646 Å². The van der Waals surface area contributed by atoms with Crippen LogP contribution in [0.1, 0.15) is 87.7 Å². The number of primary amides is 1. The zero-order valence-electron chi connectivity index (χ0n) is 60.0. The van der Waals surface area contributed by atoms with Crippen LogP contribution < -0.4 is 81.2 Å². The van der Waals surface area contributed by atoms with Crippen LogP contribution >= 0.6 is 43.2 Å². The number of hydrogen-bond acceptors (Lipinski definition) is 33. The second-order valence-electron chi connectivity index (χ2n) is 25.1. The fourth-order valence-corrected chi connectivity index (χ4v) is 15.8. The number of nitrogens with zero attached hydrogens (tertiary/aromatic N) is 4. The molecule has 7 rings (SSSR count). The van der Waals surface area contributed by atoms with E-state index in [0.29, 0.717) is 29.4 Å². The number of fused-ring (bicyclic) bond motifs is 5. The number of carboxylic acid groups (broad SMARTS) is 4. The van der Waals surface area contributed by atoms with Gasteiger partial charge in [-0.2, -0.15) is 4.98 Å². The number of carbonyl (C=O) groups excluding carboxylic acids is 11. The van der Waals surface area contributed by atoms with Crippen LogP contribution in [0.25, 0.3) is 11.2 Å². The van der Waals surface area contributed by atoms with Gasteiger partial charge in [0.15, 0.2) is 16.9 Å². The molecule has 43 nitrogen and oxygen atoms in total. The highest BCUT2D eigenvalue weighted by Gasteiger charge is 2.73. The molecule has 2 aromatic heterocycles. The molecular weight excluding hydrogens is 1550 g/mol. The summed E-state index contributed by atoms with van der Waals surface area (Å²) in [5.74, 6) is -15.0. The number of aromatic amines is 1. The Morgan fingerprint density at radius 3 is 1.95 bits per heavy atom. The Kier molecular flexibility index (Phi) is 33.2. The van der Waals surface area contributed by atoms with Crippen LogP contribution in [0.4, 0.5) is 21.2 Å². The zero-order valence-corrected chi connectivity index (χ0v) is 63.3. The van der Waals surface area contributed by atoms with Gasteiger partial charge in [0.2, 0.25) is 53.0 Å². The molecule has 10 atom stereocenters. The van der Waals surface area contributed by atoms with Crippen LogP contribution in [-0.2, 0) is 83.1 Å². The van der Waals surface area contributed by atoms with E-state index in [1.165, 1.54) is 54.1 Å². The van der Waals surface area contributed by atoms with Gasteiger partial charge in [0.1, 0.15) is 43.4 Å². The summed E-state index contributed by atoms with van der Waals surface area (Å²) in [7, 11) is 7.36. The minimum absolute atomic E-state index is 0.0153. The van der Waals surface area contributed by atoms with E-state index < -0.39 is 162 Å². The monoisotopic (exact) mass is 1630 g/mol. The summed E-state index contributed by atoms with van der Waals surface area (Å²) >= 11 is 0. The Hall–Kier alpha value is -10.6. The van der Waals surface area contributed by atoms with Crippen LogP contribution in [0.3, 0.4) is 0 Å². The van der Waals surface area contributed by atoms with Crippen LogP contribution in [0.2, 0.25) is 0 Å². The lowest BCUT2D eigenvalue weighted by Crippen LogP contribution is -2.60. The Bertz CT molecular complexity index is 4140. The van der Waals surface area contributed by atoms with E-state index >= 15 is 0 Å².